The number of hydrogen-bond acceptors (Lipinski definition) is 5. The van der Waals surface area contributed by atoms with E-state index in [0.29, 0.717) is 35.0 Å². The minimum atomic E-state index is -0.653. The quantitative estimate of drug-likeness (QED) is 0.322. The molecule has 2 atom stereocenters. The molecule has 3 aliphatic rings. The van der Waals surface area contributed by atoms with Crippen LogP contribution in [0, 0.1) is 18.6 Å². The van der Waals surface area contributed by atoms with Crippen LogP contribution in [0.2, 0.25) is 0 Å². The third-order valence-corrected chi connectivity index (χ3v) is 7.51. The Kier molecular flexibility index (Phi) is 6.21. The molecule has 3 heterocycles. The van der Waals surface area contributed by atoms with Gasteiger partial charge in [0.1, 0.15) is 23.2 Å². The molecule has 0 saturated heterocycles. The normalized spacial score (nSPS) is 16.6. The largest absolute Gasteiger partial charge is 0.493 e. The van der Waals surface area contributed by atoms with Gasteiger partial charge < -0.3 is 21.1 Å². The maximum atomic E-state index is 14.5. The second-order valence-electron chi connectivity index (χ2n) is 9.91. The molecule has 1 aromatic heterocycles. The Labute approximate surface area is 229 Å². The summed E-state index contributed by atoms with van der Waals surface area (Å²) in [5.74, 6) is -1.45. The van der Waals surface area contributed by atoms with Crippen molar-refractivity contribution in [3.63, 3.8) is 0 Å². The molecular formula is C31H26F2N4O3. The third-order valence-electron chi connectivity index (χ3n) is 7.51. The first-order chi connectivity index (χ1) is 19.2. The third kappa shape index (κ3) is 4.23. The molecule has 2 amide bonds. The zero-order valence-corrected chi connectivity index (χ0v) is 21.8. The summed E-state index contributed by atoms with van der Waals surface area (Å²) in [7, 11) is 0. The van der Waals surface area contributed by atoms with Gasteiger partial charge in [-0.2, -0.15) is 0 Å². The Morgan fingerprint density at radius 3 is 2.60 bits per heavy atom. The zero-order chi connectivity index (χ0) is 28.1. The predicted octanol–water partition coefficient (Wildman–Crippen LogP) is 4.91. The van der Waals surface area contributed by atoms with Crippen molar-refractivity contribution in [3.8, 4) is 16.9 Å². The molecule has 2 bridgehead atoms. The van der Waals surface area contributed by atoms with E-state index < -0.39 is 23.6 Å². The van der Waals surface area contributed by atoms with Crippen LogP contribution in [0.1, 0.15) is 62.8 Å². The lowest BCUT2D eigenvalue weighted by Crippen LogP contribution is -2.45. The van der Waals surface area contributed by atoms with Gasteiger partial charge in [-0.3, -0.25) is 9.59 Å². The minimum Gasteiger partial charge on any atom is -0.493 e. The van der Waals surface area contributed by atoms with Crippen molar-refractivity contribution in [2.75, 3.05) is 12.3 Å². The van der Waals surface area contributed by atoms with Crippen LogP contribution in [0.25, 0.3) is 11.1 Å². The molecule has 7 rings (SSSR count). The van der Waals surface area contributed by atoms with Crippen molar-refractivity contribution in [3.05, 3.63) is 111 Å². The smallest absolute Gasteiger partial charge is 0.251 e. The predicted molar refractivity (Wildman–Crippen MR) is 146 cm³/mol. The van der Waals surface area contributed by atoms with Gasteiger partial charge in [0.25, 0.3) is 5.91 Å². The summed E-state index contributed by atoms with van der Waals surface area (Å²) in [6.07, 6.45) is 0. The average molecular weight is 541 g/mol. The number of carbonyl (C=O) groups is 2. The summed E-state index contributed by atoms with van der Waals surface area (Å²) in [4.78, 5) is 30.5. The molecule has 0 spiro atoms. The molecule has 0 saturated carbocycles. The van der Waals surface area contributed by atoms with Crippen molar-refractivity contribution in [1.29, 1.82) is 0 Å². The lowest BCUT2D eigenvalue weighted by Gasteiger charge is -2.40. The Morgan fingerprint density at radius 2 is 1.82 bits per heavy atom. The number of carbonyl (C=O) groups excluding carboxylic acids is 2. The number of halogens is 2. The number of nitrogen functional groups attached to an aromatic ring is 1. The van der Waals surface area contributed by atoms with Gasteiger partial charge in [0.15, 0.2) is 0 Å². The number of fused-ring (bicyclic) bond motifs is 1. The number of ether oxygens (including phenoxy) is 1. The maximum Gasteiger partial charge on any atom is 0.251 e. The van der Waals surface area contributed by atoms with Crippen LogP contribution in [0.3, 0.4) is 0 Å². The number of pyridine rings is 1. The van der Waals surface area contributed by atoms with E-state index in [1.807, 2.05) is 32.0 Å². The van der Waals surface area contributed by atoms with Gasteiger partial charge >= 0.3 is 0 Å². The highest BCUT2D eigenvalue weighted by molar-refractivity contribution is 5.97. The van der Waals surface area contributed by atoms with E-state index in [-0.39, 0.29) is 23.9 Å². The number of nitrogens with one attached hydrogen (secondary N) is 2. The summed E-state index contributed by atoms with van der Waals surface area (Å²) in [6.45, 7) is 4.32. The number of nitrogens with two attached hydrogens (primary N) is 1. The SMILES string of the molecule is CCOc1cc(N)nc(C)c1CNC(=O)c1ccc2c(c1)C1C(=O)NC2c2cc(-c3ccc(F)cc3F)ccc21. The van der Waals surface area contributed by atoms with Gasteiger partial charge in [-0.1, -0.05) is 18.2 Å². The fourth-order valence-corrected chi connectivity index (χ4v) is 5.67. The molecule has 40 heavy (non-hydrogen) atoms. The van der Waals surface area contributed by atoms with Crippen LogP contribution in [0.4, 0.5) is 14.6 Å². The first-order valence-corrected chi connectivity index (χ1v) is 13.0. The first kappa shape index (κ1) is 25.5. The Bertz CT molecular complexity index is 1700. The number of hydrogen-bond donors (Lipinski definition) is 3. The molecule has 9 heteroatoms. The standard InChI is InChI=1S/C31H26F2N4O3/c1-3-40-26-13-27(34)36-15(2)24(26)14-35-30(38)17-5-8-21-22(11-17)28-20-7-4-16(10-23(20)29(21)37-31(28)39)19-9-6-18(32)12-25(19)33/h4-13,28-29H,3,14H2,1-2H3,(H2,34,36)(H,35,38)(H,37,39). The minimum absolute atomic E-state index is 0.159. The van der Waals surface area contributed by atoms with Crippen LogP contribution in [0.15, 0.2) is 60.7 Å². The van der Waals surface area contributed by atoms with Crippen molar-refractivity contribution < 1.29 is 23.1 Å². The summed E-state index contributed by atoms with van der Waals surface area (Å²) >= 11 is 0. The van der Waals surface area contributed by atoms with E-state index >= 15 is 0 Å². The highest BCUT2D eigenvalue weighted by Crippen LogP contribution is 2.47. The molecule has 7 nitrogen and oxygen atoms in total. The molecule has 1 aliphatic carbocycles. The molecule has 2 unspecified atom stereocenters. The monoisotopic (exact) mass is 540 g/mol. The van der Waals surface area contributed by atoms with Crippen molar-refractivity contribution in [2.45, 2.75) is 32.4 Å². The fourth-order valence-electron chi connectivity index (χ4n) is 5.67. The summed E-state index contributed by atoms with van der Waals surface area (Å²) < 4.78 is 33.6. The number of anilines is 1. The topological polar surface area (TPSA) is 106 Å². The highest BCUT2D eigenvalue weighted by atomic mass is 19.1. The lowest BCUT2D eigenvalue weighted by atomic mass is 9.70. The van der Waals surface area contributed by atoms with E-state index in [0.717, 1.165) is 33.9 Å². The van der Waals surface area contributed by atoms with Crippen molar-refractivity contribution in [1.82, 2.24) is 15.6 Å². The van der Waals surface area contributed by atoms with Gasteiger partial charge in [0, 0.05) is 41.1 Å². The molecule has 0 fully saturated rings. The zero-order valence-electron chi connectivity index (χ0n) is 21.8. The first-order valence-electron chi connectivity index (χ1n) is 13.0. The number of aromatic nitrogens is 1. The number of amides is 2. The van der Waals surface area contributed by atoms with E-state index in [1.165, 1.54) is 12.1 Å². The average Bonchev–Trinajstić information content (AvgIpc) is 2.92. The Balaban J connectivity index is 1.29. The second kappa shape index (κ2) is 9.75. The maximum absolute atomic E-state index is 14.5. The highest BCUT2D eigenvalue weighted by Gasteiger charge is 2.43. The lowest BCUT2D eigenvalue weighted by molar-refractivity contribution is -0.123. The van der Waals surface area contributed by atoms with Gasteiger partial charge in [-0.15, -0.1) is 0 Å². The van der Waals surface area contributed by atoms with Crippen LogP contribution in [-0.2, 0) is 11.3 Å². The summed E-state index contributed by atoms with van der Waals surface area (Å²) in [6, 6.07) is 15.4. The van der Waals surface area contributed by atoms with E-state index in [9.17, 15) is 18.4 Å². The van der Waals surface area contributed by atoms with E-state index in [4.69, 9.17) is 10.5 Å². The molecule has 202 valence electrons. The molecule has 4 N–H and O–H groups in total. The number of rotatable bonds is 6. The molecule has 2 aliphatic heterocycles. The Hall–Kier alpha value is -4.79. The van der Waals surface area contributed by atoms with Crippen LogP contribution in [-0.4, -0.2) is 23.4 Å². The summed E-state index contributed by atoms with van der Waals surface area (Å²) in [5, 5.41) is 5.96. The fraction of sp³-hybridized carbons (Fsp3) is 0.194. The molecule has 4 aromatic rings. The van der Waals surface area contributed by atoms with Crippen LogP contribution in [0.5, 0.6) is 5.75 Å². The van der Waals surface area contributed by atoms with Gasteiger partial charge in [0.05, 0.1) is 18.6 Å². The number of benzene rings is 3. The Morgan fingerprint density at radius 1 is 1.02 bits per heavy atom. The summed E-state index contributed by atoms with van der Waals surface area (Å²) in [5.41, 5.74) is 11.8. The second-order valence-corrected chi connectivity index (χ2v) is 9.91. The van der Waals surface area contributed by atoms with Crippen LogP contribution < -0.4 is 21.1 Å². The number of aryl methyl sites for hydroxylation is 1. The molecule has 3 aromatic carbocycles. The van der Waals surface area contributed by atoms with Gasteiger partial charge in [-0.25, -0.2) is 13.8 Å². The van der Waals surface area contributed by atoms with Gasteiger partial charge in [-0.05, 0) is 72.0 Å². The molecule has 0 radical (unpaired) electrons. The number of nitrogens with zero attached hydrogens (tertiary/aromatic N) is 1. The van der Waals surface area contributed by atoms with Gasteiger partial charge in [0.2, 0.25) is 5.91 Å². The molecular weight excluding hydrogens is 514 g/mol. The van der Waals surface area contributed by atoms with E-state index in [2.05, 4.69) is 15.6 Å². The van der Waals surface area contributed by atoms with Crippen molar-refractivity contribution in [2.24, 2.45) is 0 Å². The van der Waals surface area contributed by atoms with Crippen LogP contribution >= 0.6 is 0 Å². The van der Waals surface area contributed by atoms with E-state index in [1.54, 1.807) is 24.3 Å². The van der Waals surface area contributed by atoms with Crippen molar-refractivity contribution >= 4 is 17.6 Å².